The number of aldehydes is 1. The summed E-state index contributed by atoms with van der Waals surface area (Å²) in [5.74, 6) is -0.217. The van der Waals surface area contributed by atoms with Crippen molar-refractivity contribution in [3.8, 4) is 0 Å². The first-order valence-corrected chi connectivity index (χ1v) is 5.12. The second-order valence-electron chi connectivity index (χ2n) is 3.98. The Morgan fingerprint density at radius 3 is 2.88 bits per heavy atom. The van der Waals surface area contributed by atoms with Gasteiger partial charge in [-0.15, -0.1) is 0 Å². The zero-order chi connectivity index (χ0) is 11.5. The molecule has 2 nitrogen and oxygen atoms in total. The largest absolute Gasteiger partial charge is 0.296 e. The molecule has 0 aromatic heterocycles. The van der Waals surface area contributed by atoms with Crippen LogP contribution in [-0.2, 0) is 11.2 Å². The minimum absolute atomic E-state index is 0.217. The highest BCUT2D eigenvalue weighted by molar-refractivity contribution is 6.34. The summed E-state index contributed by atoms with van der Waals surface area (Å²) in [5, 5.41) is 0. The summed E-state index contributed by atoms with van der Waals surface area (Å²) >= 11 is 0. The van der Waals surface area contributed by atoms with Crippen LogP contribution >= 0.6 is 0 Å². The van der Waals surface area contributed by atoms with Gasteiger partial charge in [-0.3, -0.25) is 9.79 Å². The van der Waals surface area contributed by atoms with Crippen molar-refractivity contribution in [2.75, 3.05) is 6.54 Å². The summed E-state index contributed by atoms with van der Waals surface area (Å²) in [5.41, 5.74) is 3.35. The van der Waals surface area contributed by atoms with Gasteiger partial charge in [0, 0.05) is 0 Å². The molecule has 0 atom stereocenters. The molecule has 1 aliphatic rings. The van der Waals surface area contributed by atoms with Crippen LogP contribution in [0.5, 0.6) is 0 Å². The Bertz CT molecular complexity index is 468. The van der Waals surface area contributed by atoms with E-state index in [-0.39, 0.29) is 5.82 Å². The van der Waals surface area contributed by atoms with Crippen LogP contribution in [0.15, 0.2) is 34.8 Å². The van der Waals surface area contributed by atoms with E-state index in [1.54, 1.807) is 6.08 Å². The van der Waals surface area contributed by atoms with E-state index in [1.165, 1.54) is 12.1 Å². The van der Waals surface area contributed by atoms with Crippen LogP contribution in [0.2, 0.25) is 0 Å². The van der Waals surface area contributed by atoms with Crippen molar-refractivity contribution in [3.63, 3.8) is 0 Å². The fourth-order valence-corrected chi connectivity index (χ4v) is 1.85. The summed E-state index contributed by atoms with van der Waals surface area (Å²) in [6.45, 7) is 2.41. The van der Waals surface area contributed by atoms with E-state index in [0.29, 0.717) is 18.7 Å². The van der Waals surface area contributed by atoms with E-state index in [2.05, 4.69) is 4.99 Å². The number of carbonyl (C=O) groups excluding carboxylic acids is 1. The number of aryl methyl sites for hydroxylation is 1. The molecule has 0 saturated heterocycles. The number of allylic oxidation sites excluding steroid dienone is 1. The molecule has 82 valence electrons. The Morgan fingerprint density at radius 2 is 2.25 bits per heavy atom. The standard InChI is InChI=1S/C13H12FNO/c1-9-2-10(5-12(14)3-9)4-11-6-13(8-16)15-7-11/h2-3,5-6,8H,4,7H2,1H3. The molecule has 1 aromatic carbocycles. The minimum atomic E-state index is -0.217. The van der Waals surface area contributed by atoms with Crippen molar-refractivity contribution in [3.05, 3.63) is 46.8 Å². The van der Waals surface area contributed by atoms with Crippen molar-refractivity contribution < 1.29 is 9.18 Å². The first-order valence-electron chi connectivity index (χ1n) is 5.12. The van der Waals surface area contributed by atoms with E-state index >= 15 is 0 Å². The normalized spacial score (nSPS) is 14.6. The van der Waals surface area contributed by atoms with E-state index < -0.39 is 0 Å². The maximum atomic E-state index is 13.1. The Hall–Kier alpha value is -1.77. The summed E-state index contributed by atoms with van der Waals surface area (Å²) in [7, 11) is 0. The van der Waals surface area contributed by atoms with Gasteiger partial charge in [0.2, 0.25) is 0 Å². The van der Waals surface area contributed by atoms with Gasteiger partial charge in [-0.2, -0.15) is 0 Å². The van der Waals surface area contributed by atoms with E-state index in [4.69, 9.17) is 0 Å². The van der Waals surface area contributed by atoms with Crippen LogP contribution in [0, 0.1) is 12.7 Å². The lowest BCUT2D eigenvalue weighted by atomic mass is 10.0. The number of carbonyl (C=O) groups is 1. The van der Waals surface area contributed by atoms with Crippen LogP contribution in [0.4, 0.5) is 4.39 Å². The quantitative estimate of drug-likeness (QED) is 0.714. The second-order valence-corrected chi connectivity index (χ2v) is 3.98. The van der Waals surface area contributed by atoms with Gasteiger partial charge in [0.25, 0.3) is 0 Å². The van der Waals surface area contributed by atoms with Gasteiger partial charge in [-0.1, -0.05) is 6.07 Å². The third-order valence-electron chi connectivity index (χ3n) is 2.47. The predicted molar refractivity (Wildman–Crippen MR) is 61.3 cm³/mol. The highest BCUT2D eigenvalue weighted by Gasteiger charge is 2.08. The topological polar surface area (TPSA) is 29.4 Å². The summed E-state index contributed by atoms with van der Waals surface area (Å²) < 4.78 is 13.1. The molecule has 1 heterocycles. The number of aliphatic imine (C=N–C) groups is 1. The van der Waals surface area contributed by atoms with Gasteiger partial charge in [0.05, 0.1) is 12.3 Å². The van der Waals surface area contributed by atoms with E-state index in [1.807, 2.05) is 13.0 Å². The van der Waals surface area contributed by atoms with Gasteiger partial charge in [-0.25, -0.2) is 4.39 Å². The van der Waals surface area contributed by atoms with Gasteiger partial charge in [-0.05, 0) is 48.3 Å². The average molecular weight is 217 g/mol. The lowest BCUT2D eigenvalue weighted by Gasteiger charge is -2.03. The molecule has 2 rings (SSSR count). The van der Waals surface area contributed by atoms with Crippen LogP contribution in [0.3, 0.4) is 0 Å². The molecule has 3 heteroatoms. The summed E-state index contributed by atoms with van der Waals surface area (Å²) in [4.78, 5) is 14.5. The molecule has 0 unspecified atom stereocenters. The Balaban J connectivity index is 2.14. The molecule has 16 heavy (non-hydrogen) atoms. The SMILES string of the molecule is Cc1cc(F)cc(CC2=CC(C=O)=NC2)c1. The molecular formula is C13H12FNO. The Labute approximate surface area is 93.5 Å². The maximum absolute atomic E-state index is 13.1. The van der Waals surface area contributed by atoms with Gasteiger partial charge < -0.3 is 0 Å². The van der Waals surface area contributed by atoms with Crippen LogP contribution in [-0.4, -0.2) is 18.5 Å². The summed E-state index contributed by atoms with van der Waals surface area (Å²) in [6.07, 6.45) is 3.16. The molecule has 1 aliphatic heterocycles. The lowest BCUT2D eigenvalue weighted by molar-refractivity contribution is -0.102. The third kappa shape index (κ3) is 2.42. The number of nitrogens with zero attached hydrogens (tertiary/aromatic N) is 1. The first-order chi connectivity index (χ1) is 7.67. The van der Waals surface area contributed by atoms with Crippen molar-refractivity contribution in [2.45, 2.75) is 13.3 Å². The third-order valence-corrected chi connectivity index (χ3v) is 2.47. The minimum Gasteiger partial charge on any atom is -0.296 e. The highest BCUT2D eigenvalue weighted by Crippen LogP contribution is 2.15. The second kappa shape index (κ2) is 4.39. The molecule has 0 fully saturated rings. The number of halogens is 1. The Kier molecular flexibility index (Phi) is 2.95. The monoisotopic (exact) mass is 217 g/mol. The fourth-order valence-electron chi connectivity index (χ4n) is 1.85. The number of rotatable bonds is 3. The molecule has 0 spiro atoms. The lowest BCUT2D eigenvalue weighted by Crippen LogP contribution is -1.94. The smallest absolute Gasteiger partial charge is 0.167 e. The Morgan fingerprint density at radius 1 is 1.44 bits per heavy atom. The van der Waals surface area contributed by atoms with E-state index in [9.17, 15) is 9.18 Å². The first kappa shape index (κ1) is 10.7. The van der Waals surface area contributed by atoms with Crippen LogP contribution in [0.25, 0.3) is 0 Å². The zero-order valence-corrected chi connectivity index (χ0v) is 9.03. The van der Waals surface area contributed by atoms with Gasteiger partial charge in [0.1, 0.15) is 5.82 Å². The number of benzene rings is 1. The molecular weight excluding hydrogens is 205 g/mol. The highest BCUT2D eigenvalue weighted by atomic mass is 19.1. The van der Waals surface area contributed by atoms with Crippen molar-refractivity contribution >= 4 is 12.0 Å². The van der Waals surface area contributed by atoms with Crippen LogP contribution in [0.1, 0.15) is 11.1 Å². The zero-order valence-electron chi connectivity index (χ0n) is 9.03. The fraction of sp³-hybridized carbons (Fsp3) is 0.231. The molecule has 1 aromatic rings. The summed E-state index contributed by atoms with van der Waals surface area (Å²) in [6, 6.07) is 4.97. The van der Waals surface area contributed by atoms with Crippen molar-refractivity contribution in [1.29, 1.82) is 0 Å². The molecule has 0 bridgehead atoms. The number of hydrogen-bond acceptors (Lipinski definition) is 2. The average Bonchev–Trinajstić information content (AvgIpc) is 2.64. The molecule has 0 saturated carbocycles. The van der Waals surface area contributed by atoms with Crippen LogP contribution < -0.4 is 0 Å². The molecule has 0 radical (unpaired) electrons. The van der Waals surface area contributed by atoms with Crippen molar-refractivity contribution in [1.82, 2.24) is 0 Å². The number of hydrogen-bond donors (Lipinski definition) is 0. The predicted octanol–water partition coefficient (Wildman–Crippen LogP) is 2.26. The maximum Gasteiger partial charge on any atom is 0.167 e. The van der Waals surface area contributed by atoms with Gasteiger partial charge in [0.15, 0.2) is 6.29 Å². The molecule has 0 N–H and O–H groups in total. The molecule has 0 aliphatic carbocycles. The van der Waals surface area contributed by atoms with Crippen molar-refractivity contribution in [2.24, 2.45) is 4.99 Å². The molecule has 0 amide bonds. The van der Waals surface area contributed by atoms with Gasteiger partial charge >= 0.3 is 0 Å². The van der Waals surface area contributed by atoms with E-state index in [0.717, 1.165) is 23.0 Å².